The summed E-state index contributed by atoms with van der Waals surface area (Å²) in [5.41, 5.74) is 0.739. The van der Waals surface area contributed by atoms with Crippen molar-refractivity contribution >= 4 is 23.2 Å². The molecule has 0 bridgehead atoms. The van der Waals surface area contributed by atoms with E-state index in [2.05, 4.69) is 15.4 Å². The minimum Gasteiger partial charge on any atom is -0.382 e. The van der Waals surface area contributed by atoms with Crippen LogP contribution in [-0.2, 0) is 9.47 Å². The third-order valence-corrected chi connectivity index (χ3v) is 2.69. The lowest BCUT2D eigenvalue weighted by atomic mass is 10.4. The number of methoxy groups -OCH3 is 2. The van der Waals surface area contributed by atoms with Gasteiger partial charge in [-0.1, -0.05) is 11.6 Å². The summed E-state index contributed by atoms with van der Waals surface area (Å²) in [5.74, 6) is 0.537. The average molecular weight is 271 g/mol. The van der Waals surface area contributed by atoms with E-state index in [4.69, 9.17) is 21.1 Å². The van der Waals surface area contributed by atoms with Gasteiger partial charge in [-0.3, -0.25) is 0 Å². The van der Waals surface area contributed by atoms with Gasteiger partial charge >= 0.3 is 0 Å². The quantitative estimate of drug-likeness (QED) is 0.861. The Kier molecular flexibility index (Phi) is 4.35. The second-order valence-corrected chi connectivity index (χ2v) is 4.22. The third kappa shape index (κ3) is 3.10. The number of hydrogen-bond acceptors (Lipinski definition) is 5. The normalized spacial score (nSPS) is 12.8. The van der Waals surface area contributed by atoms with Crippen LogP contribution in [0.2, 0.25) is 5.02 Å². The van der Waals surface area contributed by atoms with Gasteiger partial charge in [-0.15, -0.1) is 5.10 Å². The average Bonchev–Trinajstić information content (AvgIpc) is 2.76. The second kappa shape index (κ2) is 5.99. The molecule has 1 unspecified atom stereocenters. The van der Waals surface area contributed by atoms with Crippen LogP contribution in [0.1, 0.15) is 0 Å². The minimum absolute atomic E-state index is 0.0369. The van der Waals surface area contributed by atoms with Gasteiger partial charge in [0, 0.05) is 27.0 Å². The lowest BCUT2D eigenvalue weighted by Gasteiger charge is -2.13. The smallest absolute Gasteiger partial charge is 0.243 e. The number of nitrogens with zero attached hydrogens (tertiary/aromatic N) is 3. The van der Waals surface area contributed by atoms with Crippen LogP contribution in [0.4, 0.5) is 5.95 Å². The van der Waals surface area contributed by atoms with E-state index in [1.807, 2.05) is 6.07 Å². The van der Waals surface area contributed by atoms with Crippen LogP contribution >= 0.6 is 11.6 Å². The van der Waals surface area contributed by atoms with Gasteiger partial charge in [0.25, 0.3) is 0 Å². The monoisotopic (exact) mass is 270 g/mol. The molecule has 2 heterocycles. The summed E-state index contributed by atoms with van der Waals surface area (Å²) in [6.07, 6.45) is 1.67. The Balaban J connectivity index is 2.03. The predicted molar refractivity (Wildman–Crippen MR) is 69.2 cm³/mol. The number of halogens is 1. The second-order valence-electron chi connectivity index (χ2n) is 3.78. The molecule has 0 spiro atoms. The Morgan fingerprint density at radius 3 is 3.00 bits per heavy atom. The SMILES string of the molecule is COCC(CNc1nc2ccc(Cl)cn2n1)OC. The minimum atomic E-state index is -0.0369. The van der Waals surface area contributed by atoms with E-state index in [1.165, 1.54) is 0 Å². The zero-order chi connectivity index (χ0) is 13.0. The van der Waals surface area contributed by atoms with E-state index in [9.17, 15) is 0 Å². The maximum absolute atomic E-state index is 5.87. The first-order valence-corrected chi connectivity index (χ1v) is 5.88. The molecule has 2 rings (SSSR count). The van der Waals surface area contributed by atoms with Gasteiger partial charge in [0.05, 0.1) is 17.7 Å². The summed E-state index contributed by atoms with van der Waals surface area (Å²) in [6.45, 7) is 1.09. The van der Waals surface area contributed by atoms with Crippen LogP contribution < -0.4 is 5.32 Å². The van der Waals surface area contributed by atoms with E-state index >= 15 is 0 Å². The van der Waals surface area contributed by atoms with Gasteiger partial charge in [-0.05, 0) is 12.1 Å². The molecule has 0 aliphatic heterocycles. The Labute approximate surface area is 110 Å². The van der Waals surface area contributed by atoms with Gasteiger partial charge in [-0.25, -0.2) is 4.52 Å². The zero-order valence-corrected chi connectivity index (χ0v) is 11.0. The number of fused-ring (bicyclic) bond motifs is 1. The van der Waals surface area contributed by atoms with Crippen LogP contribution in [0.15, 0.2) is 18.3 Å². The molecular formula is C11H15ClN4O2. The molecule has 2 aromatic heterocycles. The highest BCUT2D eigenvalue weighted by Gasteiger charge is 2.09. The van der Waals surface area contributed by atoms with Crippen molar-refractivity contribution in [3.05, 3.63) is 23.4 Å². The van der Waals surface area contributed by atoms with Crippen molar-refractivity contribution < 1.29 is 9.47 Å². The van der Waals surface area contributed by atoms with Crippen LogP contribution in [0.5, 0.6) is 0 Å². The molecule has 0 saturated carbocycles. The van der Waals surface area contributed by atoms with E-state index in [0.29, 0.717) is 24.1 Å². The first-order chi connectivity index (χ1) is 8.72. The van der Waals surface area contributed by atoms with Gasteiger partial charge in [0.1, 0.15) is 0 Å². The fourth-order valence-electron chi connectivity index (χ4n) is 1.53. The first-order valence-electron chi connectivity index (χ1n) is 5.50. The Morgan fingerprint density at radius 1 is 1.44 bits per heavy atom. The van der Waals surface area contributed by atoms with Gasteiger partial charge in [0.2, 0.25) is 5.95 Å². The van der Waals surface area contributed by atoms with Crippen LogP contribution in [0.25, 0.3) is 5.65 Å². The summed E-state index contributed by atoms with van der Waals surface area (Å²) in [6, 6.07) is 3.59. The molecule has 0 fully saturated rings. The molecule has 0 radical (unpaired) electrons. The van der Waals surface area contributed by atoms with Crippen LogP contribution in [0.3, 0.4) is 0 Å². The number of hydrogen-bond donors (Lipinski definition) is 1. The summed E-state index contributed by atoms with van der Waals surface area (Å²) < 4.78 is 11.9. The van der Waals surface area contributed by atoms with Crippen molar-refractivity contribution in [2.24, 2.45) is 0 Å². The highest BCUT2D eigenvalue weighted by molar-refractivity contribution is 6.30. The summed E-state index contributed by atoms with van der Waals surface area (Å²) in [7, 11) is 3.28. The first kappa shape index (κ1) is 13.1. The third-order valence-electron chi connectivity index (χ3n) is 2.47. The Hall–Kier alpha value is -1.37. The Morgan fingerprint density at radius 2 is 2.28 bits per heavy atom. The fraction of sp³-hybridized carbons (Fsp3) is 0.455. The predicted octanol–water partition coefficient (Wildman–Crippen LogP) is 1.46. The molecule has 2 aromatic rings. The fourth-order valence-corrected chi connectivity index (χ4v) is 1.69. The lowest BCUT2D eigenvalue weighted by molar-refractivity contribution is 0.0365. The van der Waals surface area contributed by atoms with E-state index in [0.717, 1.165) is 5.65 Å². The molecule has 7 heteroatoms. The van der Waals surface area contributed by atoms with Crippen molar-refractivity contribution in [3.8, 4) is 0 Å². The van der Waals surface area contributed by atoms with E-state index in [-0.39, 0.29) is 6.10 Å². The van der Waals surface area contributed by atoms with Crippen molar-refractivity contribution in [1.29, 1.82) is 0 Å². The number of anilines is 1. The lowest BCUT2D eigenvalue weighted by Crippen LogP contribution is -2.26. The maximum atomic E-state index is 5.87. The molecule has 98 valence electrons. The van der Waals surface area contributed by atoms with Gasteiger partial charge in [-0.2, -0.15) is 4.98 Å². The molecule has 0 aromatic carbocycles. The molecule has 6 nitrogen and oxygen atoms in total. The van der Waals surface area contributed by atoms with Crippen molar-refractivity contribution in [2.75, 3.05) is 32.7 Å². The van der Waals surface area contributed by atoms with E-state index in [1.54, 1.807) is 31.0 Å². The maximum Gasteiger partial charge on any atom is 0.243 e. The largest absolute Gasteiger partial charge is 0.382 e. The number of nitrogens with one attached hydrogen (secondary N) is 1. The van der Waals surface area contributed by atoms with Gasteiger partial charge in [0.15, 0.2) is 5.65 Å². The van der Waals surface area contributed by atoms with Crippen molar-refractivity contribution in [3.63, 3.8) is 0 Å². The molecule has 1 N–H and O–H groups in total. The number of aromatic nitrogens is 3. The molecular weight excluding hydrogens is 256 g/mol. The number of pyridine rings is 1. The van der Waals surface area contributed by atoms with Gasteiger partial charge < -0.3 is 14.8 Å². The zero-order valence-electron chi connectivity index (χ0n) is 10.3. The molecule has 1 atom stereocenters. The topological polar surface area (TPSA) is 60.7 Å². The van der Waals surface area contributed by atoms with E-state index < -0.39 is 0 Å². The summed E-state index contributed by atoms with van der Waals surface area (Å²) in [4.78, 5) is 4.31. The number of ether oxygens (including phenoxy) is 2. The number of rotatable bonds is 6. The van der Waals surface area contributed by atoms with Crippen molar-refractivity contribution in [2.45, 2.75) is 6.10 Å². The van der Waals surface area contributed by atoms with Crippen LogP contribution in [-0.4, -0.2) is 48.1 Å². The highest BCUT2D eigenvalue weighted by Crippen LogP contribution is 2.11. The molecule has 0 aliphatic rings. The standard InChI is InChI=1S/C11H15ClN4O2/c1-17-7-9(18-2)5-13-11-14-10-4-3-8(12)6-16(10)15-11/h3-4,6,9H,5,7H2,1-2H3,(H,13,15). The molecule has 0 aliphatic carbocycles. The summed E-state index contributed by atoms with van der Waals surface area (Å²) >= 11 is 5.87. The summed E-state index contributed by atoms with van der Waals surface area (Å²) in [5, 5.41) is 7.97. The Bertz CT molecular complexity index is 517. The molecule has 0 amide bonds. The highest BCUT2D eigenvalue weighted by atomic mass is 35.5. The van der Waals surface area contributed by atoms with Crippen molar-refractivity contribution in [1.82, 2.24) is 14.6 Å². The molecule has 0 saturated heterocycles. The van der Waals surface area contributed by atoms with Crippen LogP contribution in [0, 0.1) is 0 Å². The molecule has 18 heavy (non-hydrogen) atoms.